The third-order valence-corrected chi connectivity index (χ3v) is 4.01. The molecule has 1 N–H and O–H groups in total. The highest BCUT2D eigenvalue weighted by atomic mass is 35.5. The van der Waals surface area contributed by atoms with Crippen molar-refractivity contribution in [3.05, 3.63) is 58.9 Å². The number of carbonyl (C=O) groups is 1. The number of amides is 1. The van der Waals surface area contributed by atoms with Gasteiger partial charge in [0.15, 0.2) is 0 Å². The van der Waals surface area contributed by atoms with E-state index in [4.69, 9.17) is 16.3 Å². The van der Waals surface area contributed by atoms with E-state index >= 15 is 0 Å². The van der Waals surface area contributed by atoms with Gasteiger partial charge in [-0.2, -0.15) is 0 Å². The van der Waals surface area contributed by atoms with Crippen LogP contribution in [0.3, 0.4) is 0 Å². The molecule has 0 saturated carbocycles. The van der Waals surface area contributed by atoms with Crippen molar-refractivity contribution in [3.63, 3.8) is 0 Å². The molecule has 0 unspecified atom stereocenters. The highest BCUT2D eigenvalue weighted by Crippen LogP contribution is 2.28. The summed E-state index contributed by atoms with van der Waals surface area (Å²) in [5.74, 6) is -0.708. The number of hydrogen-bond acceptors (Lipinski definition) is 3. The first-order valence-electron chi connectivity index (χ1n) is 7.32. The molecule has 0 spiro atoms. The summed E-state index contributed by atoms with van der Waals surface area (Å²) >= 11 is 6.17. The van der Waals surface area contributed by atoms with E-state index in [0.29, 0.717) is 29.5 Å². The Morgan fingerprint density at radius 3 is 2.52 bits per heavy atom. The molecule has 23 heavy (non-hydrogen) atoms. The lowest BCUT2D eigenvalue weighted by molar-refractivity contribution is 0.102. The van der Waals surface area contributed by atoms with Crippen molar-refractivity contribution < 1.29 is 13.9 Å². The largest absolute Gasteiger partial charge is 0.378 e. The summed E-state index contributed by atoms with van der Waals surface area (Å²) < 4.78 is 18.3. The minimum atomic E-state index is -0.381. The van der Waals surface area contributed by atoms with Gasteiger partial charge >= 0.3 is 0 Å². The molecule has 0 aliphatic carbocycles. The average molecular weight is 335 g/mol. The van der Waals surface area contributed by atoms with Crippen molar-refractivity contribution in [1.29, 1.82) is 0 Å². The van der Waals surface area contributed by atoms with Crippen molar-refractivity contribution >= 4 is 28.9 Å². The monoisotopic (exact) mass is 334 g/mol. The molecule has 1 aliphatic rings. The number of carbonyl (C=O) groups excluding carboxylic acids is 1. The van der Waals surface area contributed by atoms with Crippen LogP contribution >= 0.6 is 11.6 Å². The number of nitrogens with one attached hydrogen (secondary N) is 1. The number of halogens is 2. The Hall–Kier alpha value is -2.11. The SMILES string of the molecule is O=C(Nc1cc(N2CCOCC2)ccc1Cl)c1ccc(F)cc1. The third-order valence-electron chi connectivity index (χ3n) is 3.68. The number of rotatable bonds is 3. The summed E-state index contributed by atoms with van der Waals surface area (Å²) in [6.45, 7) is 2.96. The quantitative estimate of drug-likeness (QED) is 0.933. The molecular formula is C17H16ClFN2O2. The van der Waals surface area contributed by atoms with Gasteiger partial charge in [-0.25, -0.2) is 4.39 Å². The van der Waals surface area contributed by atoms with Crippen LogP contribution in [0.25, 0.3) is 0 Å². The fourth-order valence-electron chi connectivity index (χ4n) is 2.42. The summed E-state index contributed by atoms with van der Waals surface area (Å²) in [6, 6.07) is 10.9. The van der Waals surface area contributed by atoms with Crippen LogP contribution < -0.4 is 10.2 Å². The third kappa shape index (κ3) is 3.81. The van der Waals surface area contributed by atoms with Crippen molar-refractivity contribution in [2.75, 3.05) is 36.5 Å². The molecule has 1 aliphatic heterocycles. The molecular weight excluding hydrogens is 319 g/mol. The van der Waals surface area contributed by atoms with Gasteiger partial charge < -0.3 is 15.0 Å². The van der Waals surface area contributed by atoms with E-state index < -0.39 is 0 Å². The summed E-state index contributed by atoms with van der Waals surface area (Å²) in [5, 5.41) is 3.23. The second-order valence-electron chi connectivity index (χ2n) is 5.22. The van der Waals surface area contributed by atoms with Gasteiger partial charge in [0.25, 0.3) is 5.91 Å². The normalized spacial score (nSPS) is 14.6. The minimum absolute atomic E-state index is 0.328. The minimum Gasteiger partial charge on any atom is -0.378 e. The van der Waals surface area contributed by atoms with Crippen LogP contribution in [0.4, 0.5) is 15.8 Å². The van der Waals surface area contributed by atoms with Crippen molar-refractivity contribution in [2.45, 2.75) is 0 Å². The van der Waals surface area contributed by atoms with Gasteiger partial charge in [-0.1, -0.05) is 11.6 Å². The fourth-order valence-corrected chi connectivity index (χ4v) is 2.59. The Labute approximate surface area is 138 Å². The van der Waals surface area contributed by atoms with Crippen LogP contribution in [-0.2, 0) is 4.74 Å². The molecule has 0 atom stereocenters. The lowest BCUT2D eigenvalue weighted by Gasteiger charge is -2.29. The molecule has 6 heteroatoms. The zero-order valence-corrected chi connectivity index (χ0v) is 13.1. The van der Waals surface area contributed by atoms with E-state index in [2.05, 4.69) is 10.2 Å². The number of hydrogen-bond donors (Lipinski definition) is 1. The lowest BCUT2D eigenvalue weighted by Crippen LogP contribution is -2.36. The Bertz CT molecular complexity index is 700. The van der Waals surface area contributed by atoms with Crippen molar-refractivity contribution in [2.24, 2.45) is 0 Å². The van der Waals surface area contributed by atoms with E-state index in [9.17, 15) is 9.18 Å². The molecule has 3 rings (SSSR count). The smallest absolute Gasteiger partial charge is 0.255 e. The van der Waals surface area contributed by atoms with Gasteiger partial charge in [0.1, 0.15) is 5.82 Å². The molecule has 1 saturated heterocycles. The van der Waals surface area contributed by atoms with Crippen LogP contribution in [0.1, 0.15) is 10.4 Å². The first-order chi connectivity index (χ1) is 11.1. The molecule has 1 amide bonds. The van der Waals surface area contributed by atoms with Gasteiger partial charge in [-0.3, -0.25) is 4.79 Å². The van der Waals surface area contributed by atoms with E-state index in [1.807, 2.05) is 12.1 Å². The molecule has 120 valence electrons. The zero-order valence-electron chi connectivity index (χ0n) is 12.4. The van der Waals surface area contributed by atoms with Crippen LogP contribution in [0.5, 0.6) is 0 Å². The van der Waals surface area contributed by atoms with Crippen LogP contribution in [0.2, 0.25) is 5.02 Å². The first-order valence-corrected chi connectivity index (χ1v) is 7.70. The summed E-state index contributed by atoms with van der Waals surface area (Å²) in [5.41, 5.74) is 1.89. The van der Waals surface area contributed by atoms with Gasteiger partial charge in [0.05, 0.1) is 23.9 Å². The Balaban J connectivity index is 1.78. The van der Waals surface area contributed by atoms with Gasteiger partial charge in [0.2, 0.25) is 0 Å². The number of nitrogens with zero attached hydrogens (tertiary/aromatic N) is 1. The molecule has 2 aromatic carbocycles. The van der Waals surface area contributed by atoms with E-state index in [1.165, 1.54) is 24.3 Å². The molecule has 2 aromatic rings. The van der Waals surface area contributed by atoms with E-state index in [-0.39, 0.29) is 11.7 Å². The maximum Gasteiger partial charge on any atom is 0.255 e. The van der Waals surface area contributed by atoms with Crippen LogP contribution in [0.15, 0.2) is 42.5 Å². The summed E-state index contributed by atoms with van der Waals surface area (Å²) in [6.07, 6.45) is 0. The lowest BCUT2D eigenvalue weighted by atomic mass is 10.2. The topological polar surface area (TPSA) is 41.6 Å². The highest BCUT2D eigenvalue weighted by molar-refractivity contribution is 6.34. The average Bonchev–Trinajstić information content (AvgIpc) is 2.58. The second kappa shape index (κ2) is 6.98. The molecule has 1 heterocycles. The zero-order chi connectivity index (χ0) is 16.2. The predicted molar refractivity (Wildman–Crippen MR) is 88.8 cm³/mol. The Kier molecular flexibility index (Phi) is 4.79. The van der Waals surface area contributed by atoms with E-state index in [1.54, 1.807) is 6.07 Å². The molecule has 1 fully saturated rings. The summed E-state index contributed by atoms with van der Waals surface area (Å²) in [4.78, 5) is 14.4. The highest BCUT2D eigenvalue weighted by Gasteiger charge is 2.14. The Morgan fingerprint density at radius 1 is 1.13 bits per heavy atom. The number of benzene rings is 2. The van der Waals surface area contributed by atoms with E-state index in [0.717, 1.165) is 18.8 Å². The number of morpholine rings is 1. The number of ether oxygens (including phenoxy) is 1. The predicted octanol–water partition coefficient (Wildman–Crippen LogP) is 3.57. The standard InChI is InChI=1S/C17H16ClFN2O2/c18-15-6-5-14(21-7-9-23-10-8-21)11-16(15)20-17(22)12-1-3-13(19)4-2-12/h1-6,11H,7-10H2,(H,20,22). The van der Waals surface area contributed by atoms with Gasteiger partial charge in [-0.15, -0.1) is 0 Å². The molecule has 4 nitrogen and oxygen atoms in total. The fraction of sp³-hybridized carbons (Fsp3) is 0.235. The second-order valence-corrected chi connectivity index (χ2v) is 5.63. The van der Waals surface area contributed by atoms with Crippen LogP contribution in [0, 0.1) is 5.82 Å². The molecule has 0 aromatic heterocycles. The molecule has 0 bridgehead atoms. The van der Waals surface area contributed by atoms with Crippen molar-refractivity contribution in [1.82, 2.24) is 0 Å². The summed E-state index contributed by atoms with van der Waals surface area (Å²) in [7, 11) is 0. The Morgan fingerprint density at radius 2 is 1.83 bits per heavy atom. The van der Waals surface area contributed by atoms with Gasteiger partial charge in [0, 0.05) is 24.3 Å². The van der Waals surface area contributed by atoms with Crippen molar-refractivity contribution in [3.8, 4) is 0 Å². The van der Waals surface area contributed by atoms with Crippen LogP contribution in [-0.4, -0.2) is 32.2 Å². The maximum absolute atomic E-state index is 12.9. The van der Waals surface area contributed by atoms with Gasteiger partial charge in [-0.05, 0) is 42.5 Å². The maximum atomic E-state index is 12.9. The number of anilines is 2. The molecule has 0 radical (unpaired) electrons. The first kappa shape index (κ1) is 15.8.